The van der Waals surface area contributed by atoms with Gasteiger partial charge in [0.05, 0.1) is 8.41 Å². The average Bonchev–Trinajstić information content (AvgIpc) is 0. The molecule has 0 saturated heterocycles. The van der Waals surface area contributed by atoms with Gasteiger partial charge in [0.15, 0.2) is 0 Å². The van der Waals surface area contributed by atoms with Gasteiger partial charge < -0.3 is 0 Å². The molecule has 4 heteroatoms. The van der Waals surface area contributed by atoms with Crippen molar-refractivity contribution >= 4 is 19.4 Å². The number of hydrogen-bond acceptors (Lipinski definition) is 0. The van der Waals surface area contributed by atoms with Gasteiger partial charge in [0.2, 0.25) is 0 Å². The number of hydrogen-bond donors (Lipinski definition) is 0. The summed E-state index contributed by atoms with van der Waals surface area (Å²) in [6.07, 6.45) is 0. The molecular weight excluding hydrogens is 150 g/mol. The topological polar surface area (TPSA) is 0 Å². The molecule has 4 radical (unpaired) electrons. The zero-order chi connectivity index (χ0) is 0. The first-order valence-corrected chi connectivity index (χ1v) is 0. The second-order valence-corrected chi connectivity index (χ2v) is 0. The first-order valence-electron chi connectivity index (χ1n) is 0. The van der Waals surface area contributed by atoms with Crippen LogP contribution in [0.25, 0.3) is 0 Å². The summed E-state index contributed by atoms with van der Waals surface area (Å²) in [7, 11) is 0. The molecule has 4 heavy (non-hydrogen) atoms. The maximum absolute atomic E-state index is 0. The van der Waals surface area contributed by atoms with Crippen molar-refractivity contribution in [3.8, 4) is 0 Å². The molecule has 0 aromatic carbocycles. The molecule has 0 aromatic rings. The van der Waals surface area contributed by atoms with E-state index < -0.39 is 0 Å². The normalized spacial score (nSPS) is 0. The minimum atomic E-state index is 0. The molecule has 0 nitrogen and oxygen atoms in total. The van der Waals surface area contributed by atoms with Gasteiger partial charge in [0, 0.05) is 44.8 Å². The van der Waals surface area contributed by atoms with E-state index >= 15 is 0 Å². The van der Waals surface area contributed by atoms with Crippen molar-refractivity contribution in [3.05, 3.63) is 0 Å². The third-order valence-electron chi connectivity index (χ3n) is 0. The largest absolute Gasteiger partial charge is 0.0814 e. The van der Waals surface area contributed by atoms with Gasteiger partial charge in [-0.05, 0) is 0 Å². The Kier molecular flexibility index (Phi) is 397. The van der Waals surface area contributed by atoms with Gasteiger partial charge in [-0.15, -0.1) is 0 Å². The summed E-state index contributed by atoms with van der Waals surface area (Å²) < 4.78 is 0. The molecule has 0 heterocycles. The second kappa shape index (κ2) is 27.6. The predicted octanol–water partition coefficient (Wildman–Crippen LogP) is -1.57. The van der Waals surface area contributed by atoms with Crippen LogP contribution in [0.15, 0.2) is 0 Å². The zero-order valence-corrected chi connectivity index (χ0v) is 4.49. The van der Waals surface area contributed by atoms with Gasteiger partial charge in [0.1, 0.15) is 0 Å². The summed E-state index contributed by atoms with van der Waals surface area (Å²) in [5.74, 6) is 0. The molecule has 0 saturated carbocycles. The van der Waals surface area contributed by atoms with Crippen LogP contribution >= 0.6 is 0 Å². The minimum Gasteiger partial charge on any atom is 0 e. The van der Waals surface area contributed by atoms with Crippen molar-refractivity contribution in [3.63, 3.8) is 0 Å². The van der Waals surface area contributed by atoms with E-state index in [4.69, 9.17) is 0 Å². The summed E-state index contributed by atoms with van der Waals surface area (Å²) >= 11 is 0. The molecule has 0 aliphatic heterocycles. The fourth-order valence-corrected chi connectivity index (χ4v) is 0. The summed E-state index contributed by atoms with van der Waals surface area (Å²) in [5.41, 5.74) is 0. The maximum Gasteiger partial charge on any atom is 0.0814 e. The Hall–Kier alpha value is 1.31. The van der Waals surface area contributed by atoms with Gasteiger partial charge >= 0.3 is 0 Å². The molecule has 0 rings (SSSR count). The Morgan fingerprint density at radius 1 is 1.00 bits per heavy atom. The van der Waals surface area contributed by atoms with Crippen molar-refractivity contribution in [1.82, 2.24) is 0 Å². The summed E-state index contributed by atoms with van der Waals surface area (Å²) in [6.45, 7) is 0. The van der Waals surface area contributed by atoms with Crippen LogP contribution in [0.2, 0.25) is 0 Å². The van der Waals surface area contributed by atoms with E-state index in [1.807, 2.05) is 0 Å². The molecule has 0 aliphatic carbocycles. The van der Waals surface area contributed by atoms with Crippen molar-refractivity contribution in [2.75, 3.05) is 0 Å². The molecule has 0 spiro atoms. The van der Waals surface area contributed by atoms with E-state index in [1.54, 1.807) is 0 Å². The van der Waals surface area contributed by atoms with Crippen molar-refractivity contribution in [2.24, 2.45) is 0 Å². The van der Waals surface area contributed by atoms with E-state index in [2.05, 4.69) is 0 Å². The summed E-state index contributed by atoms with van der Waals surface area (Å²) in [6, 6.07) is 0. The van der Waals surface area contributed by atoms with Crippen LogP contribution in [0.5, 0.6) is 0 Å². The number of rotatable bonds is 0. The molecular formula is H3BCrNiSi. The van der Waals surface area contributed by atoms with Gasteiger partial charge in [-0.2, -0.15) is 0 Å². The Bertz CT molecular complexity index is 8.00. The monoisotopic (exact) mass is 152 g/mol. The minimum absolute atomic E-state index is 0. The Morgan fingerprint density at radius 2 is 1.00 bits per heavy atom. The molecule has 0 bridgehead atoms. The molecule has 0 aromatic heterocycles. The summed E-state index contributed by atoms with van der Waals surface area (Å²) in [5, 5.41) is 0. The third kappa shape index (κ3) is 10.3. The van der Waals surface area contributed by atoms with E-state index in [0.717, 1.165) is 0 Å². The van der Waals surface area contributed by atoms with Gasteiger partial charge in [-0.1, -0.05) is 0 Å². The van der Waals surface area contributed by atoms with Crippen LogP contribution < -0.4 is 0 Å². The molecule has 0 atom stereocenters. The van der Waals surface area contributed by atoms with Crippen LogP contribution in [0, 0.1) is 0 Å². The van der Waals surface area contributed by atoms with Crippen LogP contribution in [0.4, 0.5) is 0 Å². The van der Waals surface area contributed by atoms with Gasteiger partial charge in [-0.3, -0.25) is 0 Å². The van der Waals surface area contributed by atoms with Crippen molar-refractivity contribution < 1.29 is 33.9 Å². The average molecular weight is 153 g/mol. The standard InChI is InChI=1S/BH3.Cr.Ni.Si/h1H3;;;. The van der Waals surface area contributed by atoms with Crippen LogP contribution in [-0.4, -0.2) is 19.4 Å². The maximum atomic E-state index is 0. The SMILES string of the molecule is B.[Cr].[Ni].[Si]. The second-order valence-electron chi connectivity index (χ2n) is 0. The Labute approximate surface area is 53.4 Å². The van der Waals surface area contributed by atoms with E-state index in [-0.39, 0.29) is 53.2 Å². The van der Waals surface area contributed by atoms with Gasteiger partial charge in [0.25, 0.3) is 0 Å². The molecule has 0 aliphatic rings. The smallest absolute Gasteiger partial charge is 0 e. The van der Waals surface area contributed by atoms with E-state index in [9.17, 15) is 0 Å². The fraction of sp³-hybridized carbons (Fsp3) is 0. The summed E-state index contributed by atoms with van der Waals surface area (Å²) in [4.78, 5) is 0. The van der Waals surface area contributed by atoms with Gasteiger partial charge in [-0.25, -0.2) is 0 Å². The quantitative estimate of drug-likeness (QED) is 0.368. The van der Waals surface area contributed by atoms with Crippen molar-refractivity contribution in [2.45, 2.75) is 0 Å². The fourth-order valence-electron chi connectivity index (χ4n) is 0. The van der Waals surface area contributed by atoms with E-state index in [0.29, 0.717) is 0 Å². The predicted molar refractivity (Wildman–Crippen MR) is 15.7 cm³/mol. The first-order chi connectivity index (χ1) is 0. The molecule has 0 fully saturated rings. The van der Waals surface area contributed by atoms with Crippen LogP contribution in [0.3, 0.4) is 0 Å². The molecule has 26 valence electrons. The zero-order valence-electron chi connectivity index (χ0n) is 1.22. The third-order valence-corrected chi connectivity index (χ3v) is 0. The molecule has 0 N–H and O–H groups in total. The molecule has 0 amide bonds. The van der Waals surface area contributed by atoms with Crippen LogP contribution in [-0.2, 0) is 33.9 Å². The Balaban J connectivity index is 0. The van der Waals surface area contributed by atoms with E-state index in [1.165, 1.54) is 0 Å². The van der Waals surface area contributed by atoms with Crippen molar-refractivity contribution in [1.29, 1.82) is 0 Å². The molecule has 0 unspecified atom stereocenters. The Morgan fingerprint density at radius 3 is 1.00 bits per heavy atom. The first kappa shape index (κ1) is 57.6. The van der Waals surface area contributed by atoms with Crippen LogP contribution in [0.1, 0.15) is 0 Å².